The molecule has 2 nitrogen and oxygen atoms in total. The molecule has 0 radical (unpaired) electrons. The number of fused-ring (bicyclic) bond motifs is 1. The van der Waals surface area contributed by atoms with Gasteiger partial charge in [0.2, 0.25) is 0 Å². The number of phenolic OH excluding ortho intramolecular Hbond substituents is 1. The van der Waals surface area contributed by atoms with E-state index >= 15 is 0 Å². The number of hydrogen-bond acceptors (Lipinski definition) is 2. The maximum Gasteiger partial charge on any atom is 0.115 e. The molecule has 0 aromatic heterocycles. The summed E-state index contributed by atoms with van der Waals surface area (Å²) in [6.07, 6.45) is 0. The lowest BCUT2D eigenvalue weighted by Gasteiger charge is -2.32. The van der Waals surface area contributed by atoms with E-state index in [2.05, 4.69) is 42.3 Å². The van der Waals surface area contributed by atoms with Gasteiger partial charge in [-0.05, 0) is 35.9 Å². The van der Waals surface area contributed by atoms with Crippen LogP contribution in [0.5, 0.6) is 5.75 Å². The molecule has 0 fully saturated rings. The fourth-order valence-electron chi connectivity index (χ4n) is 2.80. The molecule has 1 atom stereocenters. The Kier molecular flexibility index (Phi) is 4.13. The summed E-state index contributed by atoms with van der Waals surface area (Å²) in [6, 6.07) is 16.3. The number of phenols is 1. The molecule has 2 aromatic carbocycles. The van der Waals surface area contributed by atoms with Gasteiger partial charge in [0.05, 0.1) is 0 Å². The molecule has 3 rings (SSSR count). The molecule has 0 spiro atoms. The molecule has 0 aliphatic carbocycles. The van der Waals surface area contributed by atoms with Crippen molar-refractivity contribution in [3.8, 4) is 5.75 Å². The average molecular weight is 276 g/mol. The molecule has 3 heteroatoms. The first kappa shape index (κ1) is 13.9. The number of nitrogens with zero attached hydrogens (tertiary/aromatic N) is 1. The van der Waals surface area contributed by atoms with E-state index in [4.69, 9.17) is 0 Å². The summed E-state index contributed by atoms with van der Waals surface area (Å²) < 4.78 is 0. The van der Waals surface area contributed by atoms with Gasteiger partial charge in [0.1, 0.15) is 5.75 Å². The molecule has 0 saturated heterocycles. The van der Waals surface area contributed by atoms with Crippen LogP contribution < -0.4 is 0 Å². The predicted octanol–water partition coefficient (Wildman–Crippen LogP) is 3.39. The Morgan fingerprint density at radius 1 is 1.11 bits per heavy atom. The zero-order chi connectivity index (χ0) is 12.5. The van der Waals surface area contributed by atoms with Gasteiger partial charge in [-0.2, -0.15) is 0 Å². The van der Waals surface area contributed by atoms with Crippen LogP contribution in [0.15, 0.2) is 48.5 Å². The van der Waals surface area contributed by atoms with E-state index in [0.29, 0.717) is 11.7 Å². The molecular weight excluding hydrogens is 258 g/mol. The average Bonchev–Trinajstić information content (AvgIpc) is 2.38. The molecule has 1 unspecified atom stereocenters. The highest BCUT2D eigenvalue weighted by Crippen LogP contribution is 2.34. The third-order valence-corrected chi connectivity index (χ3v) is 3.64. The lowest BCUT2D eigenvalue weighted by atomic mass is 9.85. The Balaban J connectivity index is 0.00000133. The van der Waals surface area contributed by atoms with Gasteiger partial charge < -0.3 is 10.0 Å². The minimum atomic E-state index is 0. The molecule has 2 aromatic rings. The number of halogens is 1. The minimum Gasteiger partial charge on any atom is -0.508 e. The first-order chi connectivity index (χ1) is 8.74. The van der Waals surface area contributed by atoms with Crippen LogP contribution in [0.2, 0.25) is 0 Å². The molecule has 1 aliphatic heterocycles. The Morgan fingerprint density at radius 2 is 1.84 bits per heavy atom. The Hall–Kier alpha value is -1.51. The van der Waals surface area contributed by atoms with Crippen molar-refractivity contribution in [2.45, 2.75) is 12.5 Å². The van der Waals surface area contributed by atoms with Crippen LogP contribution >= 0.6 is 12.4 Å². The van der Waals surface area contributed by atoms with Crippen LogP contribution in [0, 0.1) is 0 Å². The van der Waals surface area contributed by atoms with E-state index < -0.39 is 0 Å². The predicted molar refractivity (Wildman–Crippen MR) is 80.0 cm³/mol. The van der Waals surface area contributed by atoms with Gasteiger partial charge in [-0.3, -0.25) is 0 Å². The molecule has 1 heterocycles. The summed E-state index contributed by atoms with van der Waals surface area (Å²) in [6.45, 7) is 1.94. The van der Waals surface area contributed by atoms with Crippen molar-refractivity contribution in [3.05, 3.63) is 65.2 Å². The number of rotatable bonds is 1. The van der Waals surface area contributed by atoms with Crippen LogP contribution in [-0.2, 0) is 6.54 Å². The van der Waals surface area contributed by atoms with Gasteiger partial charge in [-0.25, -0.2) is 0 Å². The van der Waals surface area contributed by atoms with Crippen LogP contribution in [0.4, 0.5) is 0 Å². The summed E-state index contributed by atoms with van der Waals surface area (Å²) in [4.78, 5) is 2.31. The summed E-state index contributed by atoms with van der Waals surface area (Å²) in [5.74, 6) is 0.761. The van der Waals surface area contributed by atoms with Crippen molar-refractivity contribution in [1.29, 1.82) is 0 Å². The number of benzene rings is 2. The van der Waals surface area contributed by atoms with Crippen molar-refractivity contribution >= 4 is 12.4 Å². The van der Waals surface area contributed by atoms with Crippen LogP contribution in [0.25, 0.3) is 0 Å². The molecular formula is C16H18ClNO. The second-order valence-electron chi connectivity index (χ2n) is 5.04. The van der Waals surface area contributed by atoms with Gasteiger partial charge in [0.25, 0.3) is 0 Å². The van der Waals surface area contributed by atoms with Gasteiger partial charge in [0.15, 0.2) is 0 Å². The van der Waals surface area contributed by atoms with Gasteiger partial charge in [-0.15, -0.1) is 12.4 Å². The maximum absolute atomic E-state index is 9.61. The summed E-state index contributed by atoms with van der Waals surface area (Å²) in [5, 5.41) is 9.61. The van der Waals surface area contributed by atoms with E-state index in [1.165, 1.54) is 16.7 Å². The van der Waals surface area contributed by atoms with Crippen LogP contribution in [-0.4, -0.2) is 23.6 Å². The minimum absolute atomic E-state index is 0. The molecule has 1 aliphatic rings. The SMILES string of the molecule is CN1Cc2cc(O)ccc2C(c2ccccc2)C1.Cl. The molecule has 1 N–H and O–H groups in total. The largest absolute Gasteiger partial charge is 0.508 e. The van der Waals surface area contributed by atoms with E-state index in [-0.39, 0.29) is 12.4 Å². The number of hydrogen-bond donors (Lipinski definition) is 1. The quantitative estimate of drug-likeness (QED) is 0.862. The van der Waals surface area contributed by atoms with E-state index in [9.17, 15) is 5.11 Å². The summed E-state index contributed by atoms with van der Waals surface area (Å²) >= 11 is 0. The Bertz CT molecular complexity index is 556. The second-order valence-corrected chi connectivity index (χ2v) is 5.04. The molecule has 19 heavy (non-hydrogen) atoms. The fraction of sp³-hybridized carbons (Fsp3) is 0.250. The first-order valence-corrected chi connectivity index (χ1v) is 6.29. The zero-order valence-corrected chi connectivity index (χ0v) is 11.7. The first-order valence-electron chi connectivity index (χ1n) is 6.29. The molecule has 0 saturated carbocycles. The highest BCUT2D eigenvalue weighted by molar-refractivity contribution is 5.85. The topological polar surface area (TPSA) is 23.5 Å². The van der Waals surface area contributed by atoms with E-state index in [1.54, 1.807) is 6.07 Å². The smallest absolute Gasteiger partial charge is 0.115 e. The maximum atomic E-state index is 9.61. The Morgan fingerprint density at radius 3 is 2.58 bits per heavy atom. The van der Waals surface area contributed by atoms with Crippen molar-refractivity contribution in [2.75, 3.05) is 13.6 Å². The van der Waals surface area contributed by atoms with Crippen LogP contribution in [0.1, 0.15) is 22.6 Å². The summed E-state index contributed by atoms with van der Waals surface area (Å²) in [7, 11) is 2.13. The van der Waals surface area contributed by atoms with Crippen LogP contribution in [0.3, 0.4) is 0 Å². The molecule has 0 bridgehead atoms. The number of aromatic hydroxyl groups is 1. The third-order valence-electron chi connectivity index (χ3n) is 3.64. The van der Waals surface area contributed by atoms with Crippen molar-refractivity contribution in [1.82, 2.24) is 4.90 Å². The third kappa shape index (κ3) is 2.75. The highest BCUT2D eigenvalue weighted by Gasteiger charge is 2.24. The summed E-state index contributed by atoms with van der Waals surface area (Å²) in [5.41, 5.74) is 3.92. The van der Waals surface area contributed by atoms with E-state index in [1.807, 2.05) is 12.1 Å². The fourth-order valence-corrected chi connectivity index (χ4v) is 2.80. The van der Waals surface area contributed by atoms with E-state index in [0.717, 1.165) is 13.1 Å². The molecule has 0 amide bonds. The molecule has 100 valence electrons. The lowest BCUT2D eigenvalue weighted by Crippen LogP contribution is -2.30. The monoisotopic (exact) mass is 275 g/mol. The number of likely N-dealkylation sites (N-methyl/N-ethyl adjacent to an activating group) is 1. The lowest BCUT2D eigenvalue weighted by molar-refractivity contribution is 0.294. The van der Waals surface area contributed by atoms with Crippen molar-refractivity contribution < 1.29 is 5.11 Å². The Labute approximate surface area is 120 Å². The van der Waals surface area contributed by atoms with Crippen molar-refractivity contribution in [2.24, 2.45) is 0 Å². The van der Waals surface area contributed by atoms with Gasteiger partial charge in [0, 0.05) is 19.0 Å². The van der Waals surface area contributed by atoms with Gasteiger partial charge >= 0.3 is 0 Å². The zero-order valence-electron chi connectivity index (χ0n) is 10.9. The highest BCUT2D eigenvalue weighted by atomic mass is 35.5. The second kappa shape index (κ2) is 5.64. The standard InChI is InChI=1S/C16H17NO.ClH/c1-17-10-13-9-14(18)7-8-15(13)16(11-17)12-5-3-2-4-6-12;/h2-9,16,18H,10-11H2,1H3;1H. The van der Waals surface area contributed by atoms with Crippen molar-refractivity contribution in [3.63, 3.8) is 0 Å². The van der Waals surface area contributed by atoms with Gasteiger partial charge in [-0.1, -0.05) is 36.4 Å². The normalized spacial score (nSPS) is 18.5.